The van der Waals surface area contributed by atoms with Gasteiger partial charge in [0.15, 0.2) is 11.0 Å². The fraction of sp³-hybridized carbons (Fsp3) is 0.526. The molecule has 0 aliphatic rings. The van der Waals surface area contributed by atoms with Gasteiger partial charge >= 0.3 is 6.09 Å². The number of amides is 1. The number of thiol groups is 1. The molecule has 0 bridgehead atoms. The van der Waals surface area contributed by atoms with E-state index in [-0.39, 0.29) is 10.7 Å². The van der Waals surface area contributed by atoms with E-state index in [9.17, 15) is 9.18 Å². The van der Waals surface area contributed by atoms with Crippen LogP contribution in [0.1, 0.15) is 33.5 Å². The predicted molar refractivity (Wildman–Crippen MR) is 119 cm³/mol. The highest BCUT2D eigenvalue weighted by molar-refractivity contribution is 7.80. The third-order valence-corrected chi connectivity index (χ3v) is 3.94. The number of likely N-dealkylation sites (N-methyl/N-ethyl adjacent to an activating group) is 1. The molecule has 8 nitrogen and oxygen atoms in total. The number of anilines is 1. The van der Waals surface area contributed by atoms with E-state index < -0.39 is 17.5 Å². The third kappa shape index (κ3) is 7.80. The number of alkyl carbamates (subject to hydrolysis) is 1. The summed E-state index contributed by atoms with van der Waals surface area (Å²) in [5, 5.41) is 10.5. The predicted octanol–water partition coefficient (Wildman–Crippen LogP) is 3.92. The standard InChI is InChI=1S/C17H23ClFN5O2.C2H3NS/c1-6-24(8-7-20-16(25)26-17(3,4)5)15-11-9-21-14(18)12(19)13(11)22-10(2)23-15;3-1-2-4/h9H,6-8H2,1-5H3,(H,20,25);4H,2H2. The summed E-state index contributed by atoms with van der Waals surface area (Å²) >= 11 is 9.31. The van der Waals surface area contributed by atoms with Gasteiger partial charge in [0.25, 0.3) is 0 Å². The second kappa shape index (κ2) is 11.7. The molecule has 0 saturated heterocycles. The fourth-order valence-electron chi connectivity index (χ4n) is 2.39. The van der Waals surface area contributed by atoms with E-state index in [1.165, 1.54) is 6.20 Å². The number of carbonyl (C=O) groups excluding carboxylic acids is 1. The Bertz CT molecular complexity index is 917. The minimum absolute atomic E-state index is 0.131. The smallest absolute Gasteiger partial charge is 0.407 e. The van der Waals surface area contributed by atoms with Gasteiger partial charge in [-0.1, -0.05) is 11.6 Å². The normalized spacial score (nSPS) is 10.6. The zero-order valence-corrected chi connectivity index (χ0v) is 19.3. The van der Waals surface area contributed by atoms with Gasteiger partial charge in [0, 0.05) is 25.8 Å². The van der Waals surface area contributed by atoms with Gasteiger partial charge in [0.05, 0.1) is 17.2 Å². The molecular weight excluding hydrogens is 431 g/mol. The molecule has 0 fully saturated rings. The molecule has 1 N–H and O–H groups in total. The van der Waals surface area contributed by atoms with Crippen molar-refractivity contribution in [2.45, 2.75) is 40.2 Å². The maximum atomic E-state index is 14.3. The molecule has 0 atom stereocenters. The Morgan fingerprint density at radius 2 is 2.07 bits per heavy atom. The monoisotopic (exact) mass is 456 g/mol. The van der Waals surface area contributed by atoms with Gasteiger partial charge in [-0.2, -0.15) is 17.9 Å². The van der Waals surface area contributed by atoms with Gasteiger partial charge in [0.2, 0.25) is 0 Å². The number of hydrogen-bond donors (Lipinski definition) is 2. The molecular formula is C19H26ClFN6O2S. The van der Waals surface area contributed by atoms with Gasteiger partial charge in [0.1, 0.15) is 22.8 Å². The number of rotatable bonds is 5. The molecule has 11 heteroatoms. The fourth-order valence-corrected chi connectivity index (χ4v) is 2.53. The van der Waals surface area contributed by atoms with Gasteiger partial charge in [-0.25, -0.2) is 24.1 Å². The zero-order chi connectivity index (χ0) is 22.9. The molecule has 2 heterocycles. The van der Waals surface area contributed by atoms with Crippen LogP contribution in [0, 0.1) is 24.1 Å². The van der Waals surface area contributed by atoms with Crippen molar-refractivity contribution in [2.75, 3.05) is 30.3 Å². The van der Waals surface area contributed by atoms with Crippen molar-refractivity contribution in [1.29, 1.82) is 5.26 Å². The Balaban J connectivity index is 0.00000103. The number of pyridine rings is 1. The number of fused-ring (bicyclic) bond motifs is 1. The highest BCUT2D eigenvalue weighted by Gasteiger charge is 2.19. The summed E-state index contributed by atoms with van der Waals surface area (Å²) in [5.74, 6) is 0.620. The number of hydrogen-bond acceptors (Lipinski definition) is 8. The van der Waals surface area contributed by atoms with E-state index in [2.05, 4.69) is 32.9 Å². The Hall–Kier alpha value is -2.38. The van der Waals surface area contributed by atoms with Gasteiger partial charge in [-0.05, 0) is 34.6 Å². The first kappa shape index (κ1) is 25.7. The van der Waals surface area contributed by atoms with Crippen LogP contribution in [-0.2, 0) is 4.74 Å². The lowest BCUT2D eigenvalue weighted by Crippen LogP contribution is -2.38. The third-order valence-electron chi connectivity index (χ3n) is 3.54. The largest absolute Gasteiger partial charge is 0.444 e. The minimum atomic E-state index is -0.668. The van der Waals surface area contributed by atoms with Crippen molar-refractivity contribution >= 4 is 47.0 Å². The van der Waals surface area contributed by atoms with Gasteiger partial charge < -0.3 is 15.0 Å². The number of ether oxygens (including phenoxy) is 1. The number of nitrogens with zero attached hydrogens (tertiary/aromatic N) is 5. The van der Waals surface area contributed by atoms with Crippen molar-refractivity contribution in [2.24, 2.45) is 0 Å². The van der Waals surface area contributed by atoms with Crippen LogP contribution in [0.3, 0.4) is 0 Å². The number of aryl methyl sites for hydroxylation is 1. The van der Waals surface area contributed by atoms with Crippen LogP contribution in [0.25, 0.3) is 10.9 Å². The summed E-state index contributed by atoms with van der Waals surface area (Å²) in [7, 11) is 0. The van der Waals surface area contributed by atoms with Crippen molar-refractivity contribution in [3.05, 3.63) is 23.0 Å². The first-order chi connectivity index (χ1) is 14.0. The van der Waals surface area contributed by atoms with E-state index in [4.69, 9.17) is 21.6 Å². The lowest BCUT2D eigenvalue weighted by atomic mass is 10.2. The number of nitrogens with one attached hydrogen (secondary N) is 1. The zero-order valence-electron chi connectivity index (χ0n) is 17.7. The first-order valence-electron chi connectivity index (χ1n) is 9.22. The van der Waals surface area contributed by atoms with E-state index in [0.717, 1.165) is 0 Å². The molecule has 1 amide bonds. The molecule has 30 heavy (non-hydrogen) atoms. The SMILES string of the molecule is CCN(CCNC(=O)OC(C)(C)C)c1nc(C)nc2c(F)c(Cl)ncc12.N#CCS. The van der Waals surface area contributed by atoms with Crippen LogP contribution < -0.4 is 10.2 Å². The summed E-state index contributed by atoms with van der Waals surface area (Å²) in [6.45, 7) is 10.4. The molecule has 0 unspecified atom stereocenters. The Morgan fingerprint density at radius 1 is 1.43 bits per heavy atom. The number of halogens is 2. The number of carbonyl (C=O) groups is 1. The van der Waals surface area contributed by atoms with Gasteiger partial charge in [-0.3, -0.25) is 0 Å². The highest BCUT2D eigenvalue weighted by atomic mass is 35.5. The van der Waals surface area contributed by atoms with Crippen molar-refractivity contribution in [1.82, 2.24) is 20.3 Å². The quantitative estimate of drug-likeness (QED) is 0.519. The van der Waals surface area contributed by atoms with E-state index >= 15 is 0 Å². The second-order valence-electron chi connectivity index (χ2n) is 7.04. The van der Waals surface area contributed by atoms with Crippen LogP contribution in [0.4, 0.5) is 15.0 Å². The maximum Gasteiger partial charge on any atom is 0.407 e. The molecule has 0 radical (unpaired) electrons. The van der Waals surface area contributed by atoms with E-state index in [0.29, 0.717) is 42.4 Å². The minimum Gasteiger partial charge on any atom is -0.444 e. The molecule has 2 aromatic rings. The molecule has 0 saturated carbocycles. The topological polar surface area (TPSA) is 104 Å². The highest BCUT2D eigenvalue weighted by Crippen LogP contribution is 2.27. The van der Waals surface area contributed by atoms with Crippen LogP contribution in [-0.4, -0.2) is 52.0 Å². The van der Waals surface area contributed by atoms with E-state index in [1.807, 2.05) is 11.8 Å². The summed E-state index contributed by atoms with van der Waals surface area (Å²) in [4.78, 5) is 26.1. The van der Waals surface area contributed by atoms with Crippen LogP contribution in [0.5, 0.6) is 0 Å². The van der Waals surface area contributed by atoms with Crippen molar-refractivity contribution in [3.63, 3.8) is 0 Å². The average molecular weight is 457 g/mol. The lowest BCUT2D eigenvalue weighted by molar-refractivity contribution is 0.0529. The van der Waals surface area contributed by atoms with E-state index in [1.54, 1.807) is 33.8 Å². The van der Waals surface area contributed by atoms with Crippen molar-refractivity contribution < 1.29 is 13.9 Å². The lowest BCUT2D eigenvalue weighted by Gasteiger charge is -2.24. The average Bonchev–Trinajstić information content (AvgIpc) is 2.67. The molecule has 0 aliphatic carbocycles. The maximum absolute atomic E-state index is 14.3. The Labute approximate surface area is 186 Å². The van der Waals surface area contributed by atoms with Crippen molar-refractivity contribution in [3.8, 4) is 6.07 Å². The second-order valence-corrected chi connectivity index (χ2v) is 7.72. The molecule has 164 valence electrons. The summed E-state index contributed by atoms with van der Waals surface area (Å²) in [6, 6.07) is 1.79. The molecule has 2 aromatic heterocycles. The summed E-state index contributed by atoms with van der Waals surface area (Å²) < 4.78 is 19.5. The molecule has 2 rings (SSSR count). The van der Waals surface area contributed by atoms with Crippen LogP contribution >= 0.6 is 24.2 Å². The van der Waals surface area contributed by atoms with Crippen LogP contribution in [0.15, 0.2) is 6.20 Å². The Kier molecular flexibility index (Phi) is 10.0. The molecule has 0 aliphatic heterocycles. The van der Waals surface area contributed by atoms with Crippen LogP contribution in [0.2, 0.25) is 5.15 Å². The summed E-state index contributed by atoms with van der Waals surface area (Å²) in [6.07, 6.45) is 0.969. The molecule has 0 aromatic carbocycles. The van der Waals surface area contributed by atoms with Gasteiger partial charge in [-0.15, -0.1) is 0 Å². The summed E-state index contributed by atoms with van der Waals surface area (Å²) in [5.41, 5.74) is -0.428. The first-order valence-corrected chi connectivity index (χ1v) is 10.2. The number of nitriles is 1. The number of aromatic nitrogens is 3. The Morgan fingerprint density at radius 3 is 2.60 bits per heavy atom. The molecule has 0 spiro atoms.